The molecule has 0 aromatic heterocycles. The highest BCUT2D eigenvalue weighted by Gasteiger charge is 2.17. The van der Waals surface area contributed by atoms with Crippen LogP contribution in [0.2, 0.25) is 15.1 Å². The lowest BCUT2D eigenvalue weighted by atomic mass is 9.99. The fraction of sp³-hybridized carbons (Fsp3) is 0.143. The second kappa shape index (κ2) is 6.74. The second-order valence-electron chi connectivity index (χ2n) is 4.30. The SMILES string of the molecule is NNC(Cc1cc(Cl)ccc1Cl)c1cccc(F)c1Cl. The van der Waals surface area contributed by atoms with Gasteiger partial charge in [0.05, 0.1) is 11.1 Å². The minimum Gasteiger partial charge on any atom is -0.271 e. The Bertz CT molecular complexity index is 619. The standard InChI is InChI=1S/C14H12Cl3FN2/c15-9-4-5-11(16)8(6-9)7-13(20-19)10-2-1-3-12(18)14(10)17/h1-6,13,20H,7,19H2. The summed E-state index contributed by atoms with van der Waals surface area (Å²) in [5.41, 5.74) is 4.01. The molecule has 2 aromatic carbocycles. The van der Waals surface area contributed by atoms with Crippen LogP contribution in [-0.4, -0.2) is 0 Å². The molecule has 2 aromatic rings. The molecular formula is C14H12Cl3FN2. The van der Waals surface area contributed by atoms with Crippen LogP contribution in [0.15, 0.2) is 36.4 Å². The van der Waals surface area contributed by atoms with Gasteiger partial charge in [0.1, 0.15) is 5.82 Å². The highest BCUT2D eigenvalue weighted by molar-refractivity contribution is 6.33. The van der Waals surface area contributed by atoms with E-state index < -0.39 is 5.82 Å². The fourth-order valence-electron chi connectivity index (χ4n) is 1.97. The van der Waals surface area contributed by atoms with Crippen LogP contribution in [0.4, 0.5) is 4.39 Å². The van der Waals surface area contributed by atoms with E-state index in [2.05, 4.69) is 5.43 Å². The van der Waals surface area contributed by atoms with Crippen molar-refractivity contribution in [2.75, 3.05) is 0 Å². The van der Waals surface area contributed by atoms with Crippen LogP contribution in [-0.2, 0) is 6.42 Å². The molecule has 2 nitrogen and oxygen atoms in total. The summed E-state index contributed by atoms with van der Waals surface area (Å²) < 4.78 is 13.5. The lowest BCUT2D eigenvalue weighted by Gasteiger charge is -2.19. The van der Waals surface area contributed by atoms with E-state index in [0.29, 0.717) is 22.0 Å². The van der Waals surface area contributed by atoms with Gasteiger partial charge in [-0.3, -0.25) is 11.3 Å². The van der Waals surface area contributed by atoms with Crippen LogP contribution in [0.5, 0.6) is 0 Å². The molecule has 1 unspecified atom stereocenters. The molecule has 0 fully saturated rings. The van der Waals surface area contributed by atoms with E-state index in [4.69, 9.17) is 40.6 Å². The quantitative estimate of drug-likeness (QED) is 0.637. The van der Waals surface area contributed by atoms with Crippen LogP contribution in [0, 0.1) is 5.82 Å². The van der Waals surface area contributed by atoms with Gasteiger partial charge in [-0.25, -0.2) is 4.39 Å². The van der Waals surface area contributed by atoms with Crippen molar-refractivity contribution in [2.24, 2.45) is 5.84 Å². The van der Waals surface area contributed by atoms with E-state index in [1.54, 1.807) is 30.3 Å². The van der Waals surface area contributed by atoms with E-state index in [1.165, 1.54) is 6.07 Å². The van der Waals surface area contributed by atoms with Gasteiger partial charge in [-0.2, -0.15) is 0 Å². The van der Waals surface area contributed by atoms with Crippen LogP contribution in [0.1, 0.15) is 17.2 Å². The van der Waals surface area contributed by atoms with Crippen LogP contribution in [0.3, 0.4) is 0 Å². The van der Waals surface area contributed by atoms with E-state index >= 15 is 0 Å². The summed E-state index contributed by atoms with van der Waals surface area (Å²) in [4.78, 5) is 0. The molecule has 106 valence electrons. The maximum atomic E-state index is 13.5. The van der Waals surface area contributed by atoms with Crippen molar-refractivity contribution < 1.29 is 4.39 Å². The normalized spacial score (nSPS) is 12.4. The number of halogens is 4. The summed E-state index contributed by atoms with van der Waals surface area (Å²) in [7, 11) is 0. The minimum absolute atomic E-state index is 0.0496. The molecule has 0 saturated heterocycles. The Kier molecular flexibility index (Phi) is 5.24. The molecule has 0 spiro atoms. The molecule has 3 N–H and O–H groups in total. The molecule has 0 aliphatic heterocycles. The third-order valence-corrected chi connectivity index (χ3v) is 3.99. The molecule has 2 rings (SSSR count). The highest BCUT2D eigenvalue weighted by Crippen LogP contribution is 2.30. The Labute approximate surface area is 131 Å². The maximum Gasteiger partial charge on any atom is 0.142 e. The molecule has 0 bridgehead atoms. The molecule has 0 amide bonds. The van der Waals surface area contributed by atoms with E-state index in [0.717, 1.165) is 5.56 Å². The highest BCUT2D eigenvalue weighted by atomic mass is 35.5. The number of rotatable bonds is 4. The van der Waals surface area contributed by atoms with Crippen LogP contribution in [0.25, 0.3) is 0 Å². The smallest absolute Gasteiger partial charge is 0.142 e. The molecule has 6 heteroatoms. The van der Waals surface area contributed by atoms with E-state index in [9.17, 15) is 4.39 Å². The number of benzene rings is 2. The van der Waals surface area contributed by atoms with Gasteiger partial charge in [-0.15, -0.1) is 0 Å². The zero-order chi connectivity index (χ0) is 14.7. The average molecular weight is 334 g/mol. The van der Waals surface area contributed by atoms with Gasteiger partial charge in [0, 0.05) is 10.0 Å². The molecule has 0 aliphatic carbocycles. The molecular weight excluding hydrogens is 322 g/mol. The van der Waals surface area contributed by atoms with Crippen molar-refractivity contribution in [2.45, 2.75) is 12.5 Å². The van der Waals surface area contributed by atoms with Gasteiger partial charge in [0.15, 0.2) is 0 Å². The lowest BCUT2D eigenvalue weighted by molar-refractivity contribution is 0.545. The van der Waals surface area contributed by atoms with Crippen LogP contribution < -0.4 is 11.3 Å². The fourth-order valence-corrected chi connectivity index (χ4v) is 2.62. The summed E-state index contributed by atoms with van der Waals surface area (Å²) in [5, 5.41) is 1.20. The first kappa shape index (κ1) is 15.5. The van der Waals surface area contributed by atoms with Gasteiger partial charge >= 0.3 is 0 Å². The Balaban J connectivity index is 2.34. The Morgan fingerprint density at radius 3 is 2.60 bits per heavy atom. The molecule has 20 heavy (non-hydrogen) atoms. The predicted molar refractivity (Wildman–Crippen MR) is 81.6 cm³/mol. The lowest BCUT2D eigenvalue weighted by Crippen LogP contribution is -2.30. The second-order valence-corrected chi connectivity index (χ2v) is 5.52. The third kappa shape index (κ3) is 3.43. The van der Waals surface area contributed by atoms with E-state index in [1.807, 2.05) is 0 Å². The maximum absolute atomic E-state index is 13.5. The Hall–Kier alpha value is -0.840. The first-order valence-corrected chi connectivity index (χ1v) is 7.00. The number of nitrogens with one attached hydrogen (secondary N) is 1. The zero-order valence-corrected chi connectivity index (χ0v) is 12.6. The summed E-state index contributed by atoms with van der Waals surface area (Å²) in [5.74, 6) is 5.07. The third-order valence-electron chi connectivity index (χ3n) is 2.99. The molecule has 0 radical (unpaired) electrons. The number of hydrogen-bond acceptors (Lipinski definition) is 2. The Morgan fingerprint density at radius 1 is 1.15 bits per heavy atom. The van der Waals surface area contributed by atoms with Crippen molar-refractivity contribution in [1.29, 1.82) is 0 Å². The minimum atomic E-state index is -0.485. The summed E-state index contributed by atoms with van der Waals surface area (Å²) >= 11 is 18.0. The summed E-state index contributed by atoms with van der Waals surface area (Å²) in [6.07, 6.45) is 0.444. The summed E-state index contributed by atoms with van der Waals surface area (Å²) in [6, 6.07) is 9.39. The van der Waals surface area contributed by atoms with E-state index in [-0.39, 0.29) is 11.1 Å². The Morgan fingerprint density at radius 2 is 1.90 bits per heavy atom. The predicted octanol–water partition coefficient (Wildman–Crippen LogP) is 4.53. The average Bonchev–Trinajstić information content (AvgIpc) is 2.43. The molecule has 0 saturated carbocycles. The van der Waals surface area contributed by atoms with Gasteiger partial charge in [0.2, 0.25) is 0 Å². The molecule has 0 heterocycles. The topological polar surface area (TPSA) is 38.0 Å². The number of hydrazine groups is 1. The van der Waals surface area contributed by atoms with Gasteiger partial charge < -0.3 is 0 Å². The first-order valence-electron chi connectivity index (χ1n) is 5.87. The molecule has 0 aliphatic rings. The van der Waals surface area contributed by atoms with Crippen LogP contribution >= 0.6 is 34.8 Å². The first-order chi connectivity index (χ1) is 9.52. The van der Waals surface area contributed by atoms with Crippen molar-refractivity contribution in [3.8, 4) is 0 Å². The van der Waals surface area contributed by atoms with Gasteiger partial charge in [-0.1, -0.05) is 46.9 Å². The zero-order valence-electron chi connectivity index (χ0n) is 10.3. The monoisotopic (exact) mass is 332 g/mol. The van der Waals surface area contributed by atoms with Crippen molar-refractivity contribution >= 4 is 34.8 Å². The number of nitrogens with two attached hydrogens (primary N) is 1. The summed E-state index contributed by atoms with van der Waals surface area (Å²) in [6.45, 7) is 0. The van der Waals surface area contributed by atoms with Gasteiger partial charge in [0.25, 0.3) is 0 Å². The number of hydrogen-bond donors (Lipinski definition) is 2. The molecule has 1 atom stereocenters. The van der Waals surface area contributed by atoms with Crippen molar-refractivity contribution in [1.82, 2.24) is 5.43 Å². The largest absolute Gasteiger partial charge is 0.271 e. The van der Waals surface area contributed by atoms with Crippen molar-refractivity contribution in [3.05, 3.63) is 68.4 Å². The van der Waals surface area contributed by atoms with Gasteiger partial charge in [-0.05, 0) is 41.8 Å². The van der Waals surface area contributed by atoms with Crippen molar-refractivity contribution in [3.63, 3.8) is 0 Å².